The van der Waals surface area contributed by atoms with Gasteiger partial charge in [-0.1, -0.05) is 0 Å². The summed E-state index contributed by atoms with van der Waals surface area (Å²) in [6.07, 6.45) is 4.66. The van der Waals surface area contributed by atoms with Crippen molar-refractivity contribution >= 4 is 5.96 Å². The van der Waals surface area contributed by atoms with Crippen LogP contribution in [-0.4, -0.2) is 47.1 Å². The minimum atomic E-state index is 0.109. The van der Waals surface area contributed by atoms with Crippen molar-refractivity contribution in [2.45, 2.75) is 19.9 Å². The lowest BCUT2D eigenvalue weighted by atomic mass is 10.4. The van der Waals surface area contributed by atoms with Gasteiger partial charge in [0.1, 0.15) is 0 Å². The van der Waals surface area contributed by atoms with Crippen LogP contribution in [0, 0.1) is 0 Å². The fourth-order valence-corrected chi connectivity index (χ4v) is 1.37. The molecule has 1 aromatic heterocycles. The van der Waals surface area contributed by atoms with Crippen LogP contribution in [0.3, 0.4) is 0 Å². The van der Waals surface area contributed by atoms with E-state index in [0.717, 1.165) is 32.0 Å². The average Bonchev–Trinajstić information content (AvgIpc) is 2.84. The average molecular weight is 239 g/mol. The number of hydrogen-bond donors (Lipinski definition) is 3. The lowest BCUT2D eigenvalue weighted by molar-refractivity contribution is 0.300. The van der Waals surface area contributed by atoms with Gasteiger partial charge in [-0.25, -0.2) is 0 Å². The van der Waals surface area contributed by atoms with Crippen LogP contribution in [-0.2, 0) is 6.54 Å². The van der Waals surface area contributed by atoms with Crippen molar-refractivity contribution in [3.63, 3.8) is 0 Å². The number of aryl methyl sites for hydroxylation is 1. The standard InChI is InChI=1S/C11H21N5O/c1-2-12-11(14-7-10-17)13-5-3-8-16-9-4-6-15-16/h4,6,9,17H,2-3,5,7-8,10H2,1H3,(H2,12,13,14). The fourth-order valence-electron chi connectivity index (χ4n) is 1.37. The Morgan fingerprint density at radius 2 is 2.35 bits per heavy atom. The predicted octanol–water partition coefficient (Wildman–Crippen LogP) is -0.179. The molecule has 96 valence electrons. The van der Waals surface area contributed by atoms with E-state index in [1.54, 1.807) is 6.20 Å². The molecule has 6 nitrogen and oxygen atoms in total. The van der Waals surface area contributed by atoms with Crippen LogP contribution in [0.15, 0.2) is 23.5 Å². The van der Waals surface area contributed by atoms with Gasteiger partial charge in [-0.05, 0) is 19.4 Å². The Hall–Kier alpha value is -1.56. The maximum atomic E-state index is 8.72. The quantitative estimate of drug-likeness (QED) is 0.350. The number of aliphatic imine (C=N–C) groups is 1. The molecule has 0 aliphatic rings. The molecule has 0 aliphatic carbocycles. The van der Waals surface area contributed by atoms with Gasteiger partial charge in [-0.15, -0.1) is 0 Å². The van der Waals surface area contributed by atoms with Crippen molar-refractivity contribution in [3.05, 3.63) is 18.5 Å². The molecule has 0 unspecified atom stereocenters. The first-order valence-corrected chi connectivity index (χ1v) is 5.97. The summed E-state index contributed by atoms with van der Waals surface area (Å²) < 4.78 is 1.89. The summed E-state index contributed by atoms with van der Waals surface area (Å²) in [5.74, 6) is 0.752. The molecule has 0 radical (unpaired) electrons. The molecule has 1 aromatic rings. The van der Waals surface area contributed by atoms with Crippen LogP contribution in [0.5, 0.6) is 0 Å². The summed E-state index contributed by atoms with van der Waals surface area (Å²) in [6, 6.07) is 1.91. The van der Waals surface area contributed by atoms with E-state index >= 15 is 0 Å². The summed E-state index contributed by atoms with van der Waals surface area (Å²) in [5.41, 5.74) is 0. The van der Waals surface area contributed by atoms with Crippen molar-refractivity contribution < 1.29 is 5.11 Å². The van der Waals surface area contributed by atoms with Gasteiger partial charge in [-0.2, -0.15) is 5.10 Å². The normalized spacial score (nSPS) is 11.5. The van der Waals surface area contributed by atoms with Crippen LogP contribution in [0.4, 0.5) is 0 Å². The molecule has 0 fully saturated rings. The molecule has 1 rings (SSSR count). The van der Waals surface area contributed by atoms with Crippen LogP contribution in [0.1, 0.15) is 13.3 Å². The summed E-state index contributed by atoms with van der Waals surface area (Å²) in [6.45, 7) is 5.07. The third kappa shape index (κ3) is 5.91. The SMILES string of the molecule is CCNC(=NCCCn1cccn1)NCCO. The maximum Gasteiger partial charge on any atom is 0.191 e. The number of aliphatic hydroxyl groups is 1. The molecule has 3 N–H and O–H groups in total. The number of nitrogens with one attached hydrogen (secondary N) is 2. The summed E-state index contributed by atoms with van der Waals surface area (Å²) in [7, 11) is 0. The molecule has 17 heavy (non-hydrogen) atoms. The summed E-state index contributed by atoms with van der Waals surface area (Å²) in [5, 5.41) is 19.0. The number of aromatic nitrogens is 2. The number of hydrogen-bond acceptors (Lipinski definition) is 3. The van der Waals surface area contributed by atoms with E-state index in [0.29, 0.717) is 6.54 Å². The highest BCUT2D eigenvalue weighted by Gasteiger charge is 1.95. The molecule has 6 heteroatoms. The van der Waals surface area contributed by atoms with Gasteiger partial charge in [0.2, 0.25) is 0 Å². The van der Waals surface area contributed by atoms with Gasteiger partial charge in [0.15, 0.2) is 5.96 Å². The second-order valence-electron chi connectivity index (χ2n) is 3.53. The van der Waals surface area contributed by atoms with Gasteiger partial charge in [0.25, 0.3) is 0 Å². The highest BCUT2D eigenvalue weighted by atomic mass is 16.3. The first kappa shape index (κ1) is 13.5. The smallest absolute Gasteiger partial charge is 0.191 e. The lowest BCUT2D eigenvalue weighted by Gasteiger charge is -2.09. The Morgan fingerprint density at radius 3 is 3.00 bits per heavy atom. The topological polar surface area (TPSA) is 74.5 Å². The highest BCUT2D eigenvalue weighted by Crippen LogP contribution is 1.89. The molecule has 0 spiro atoms. The van der Waals surface area contributed by atoms with E-state index < -0.39 is 0 Å². The number of nitrogens with zero attached hydrogens (tertiary/aromatic N) is 3. The fraction of sp³-hybridized carbons (Fsp3) is 0.636. The summed E-state index contributed by atoms with van der Waals surface area (Å²) >= 11 is 0. The van der Waals surface area contributed by atoms with Gasteiger partial charge in [-0.3, -0.25) is 9.67 Å². The lowest BCUT2D eigenvalue weighted by Crippen LogP contribution is -2.38. The Balaban J connectivity index is 2.22. The van der Waals surface area contributed by atoms with Crippen molar-refractivity contribution in [1.82, 2.24) is 20.4 Å². The molecule has 0 atom stereocenters. The van der Waals surface area contributed by atoms with Crippen molar-refractivity contribution in [2.75, 3.05) is 26.2 Å². The number of guanidine groups is 1. The van der Waals surface area contributed by atoms with E-state index in [4.69, 9.17) is 5.11 Å². The molecular weight excluding hydrogens is 218 g/mol. The van der Waals surface area contributed by atoms with E-state index in [1.807, 2.05) is 23.9 Å². The van der Waals surface area contributed by atoms with Crippen LogP contribution >= 0.6 is 0 Å². The Bertz CT molecular complexity index is 310. The summed E-state index contributed by atoms with van der Waals surface area (Å²) in [4.78, 5) is 4.39. The van der Waals surface area contributed by atoms with Crippen molar-refractivity contribution in [2.24, 2.45) is 4.99 Å². The monoisotopic (exact) mass is 239 g/mol. The molecule has 0 saturated carbocycles. The third-order valence-corrected chi connectivity index (χ3v) is 2.12. The highest BCUT2D eigenvalue weighted by molar-refractivity contribution is 5.79. The van der Waals surface area contributed by atoms with Gasteiger partial charge >= 0.3 is 0 Å². The zero-order valence-electron chi connectivity index (χ0n) is 10.3. The van der Waals surface area contributed by atoms with Crippen molar-refractivity contribution in [3.8, 4) is 0 Å². The predicted molar refractivity (Wildman–Crippen MR) is 67.9 cm³/mol. The second kappa shape index (κ2) is 8.58. The molecule has 0 aliphatic heterocycles. The van der Waals surface area contributed by atoms with E-state index in [2.05, 4.69) is 20.7 Å². The van der Waals surface area contributed by atoms with E-state index in [-0.39, 0.29) is 6.61 Å². The largest absolute Gasteiger partial charge is 0.395 e. The van der Waals surface area contributed by atoms with Crippen LogP contribution in [0.2, 0.25) is 0 Å². The minimum Gasteiger partial charge on any atom is -0.395 e. The molecule has 0 aromatic carbocycles. The first-order valence-electron chi connectivity index (χ1n) is 5.97. The molecule has 1 heterocycles. The Morgan fingerprint density at radius 1 is 1.47 bits per heavy atom. The van der Waals surface area contributed by atoms with Gasteiger partial charge in [0.05, 0.1) is 6.61 Å². The number of aliphatic hydroxyl groups excluding tert-OH is 1. The van der Waals surface area contributed by atoms with Gasteiger partial charge < -0.3 is 15.7 Å². The maximum absolute atomic E-state index is 8.72. The molecule has 0 bridgehead atoms. The zero-order valence-corrected chi connectivity index (χ0v) is 10.3. The first-order chi connectivity index (χ1) is 8.36. The number of rotatable bonds is 7. The Labute approximate surface area is 102 Å². The van der Waals surface area contributed by atoms with Crippen LogP contribution < -0.4 is 10.6 Å². The zero-order chi connectivity index (χ0) is 12.3. The van der Waals surface area contributed by atoms with Crippen LogP contribution in [0.25, 0.3) is 0 Å². The van der Waals surface area contributed by atoms with Gasteiger partial charge in [0, 0.05) is 38.6 Å². The minimum absolute atomic E-state index is 0.109. The third-order valence-electron chi connectivity index (χ3n) is 2.12. The van der Waals surface area contributed by atoms with Crippen molar-refractivity contribution in [1.29, 1.82) is 0 Å². The molecule has 0 amide bonds. The second-order valence-corrected chi connectivity index (χ2v) is 3.53. The molecular formula is C11H21N5O. The Kier molecular flexibility index (Phi) is 6.81. The molecule has 0 saturated heterocycles. The van der Waals surface area contributed by atoms with E-state index in [1.165, 1.54) is 0 Å². The van der Waals surface area contributed by atoms with E-state index in [9.17, 15) is 0 Å².